The standard InChI is InChI=1S/C36H32N6O7/c1-35(2,3)49-34(47)42-16-19-15-36(19)22-13-26(41-30(22)28(43)14-29(36)42)32(45)38-20-5-7-23-17(9-20)11-25(39-23)31(44)37-21-6-8-24-18(10-21)12-27(40-24)33(46)48-4/h5-14,19,39-41H,15-16H2,1-4H3,(H,37,44)(H,38,45). The zero-order valence-electron chi connectivity index (χ0n) is 27.1. The average molecular weight is 661 g/mol. The zero-order valence-corrected chi connectivity index (χ0v) is 27.1. The van der Waals surface area contributed by atoms with Gasteiger partial charge in [-0.15, -0.1) is 0 Å². The molecule has 0 bridgehead atoms. The van der Waals surface area contributed by atoms with Crippen LogP contribution < -0.4 is 10.6 Å². The number of ketones is 1. The summed E-state index contributed by atoms with van der Waals surface area (Å²) in [7, 11) is 1.31. The maximum absolute atomic E-state index is 13.4. The number of aromatic amines is 3. The molecule has 13 nitrogen and oxygen atoms in total. The van der Waals surface area contributed by atoms with Gasteiger partial charge in [-0.05, 0) is 93.3 Å². The molecule has 2 atom stereocenters. The smallest absolute Gasteiger partial charge is 0.414 e. The van der Waals surface area contributed by atoms with Crippen molar-refractivity contribution in [3.05, 3.63) is 94.7 Å². The molecule has 2 unspecified atom stereocenters. The van der Waals surface area contributed by atoms with Crippen molar-refractivity contribution in [1.29, 1.82) is 0 Å². The van der Waals surface area contributed by atoms with Crippen LogP contribution in [-0.4, -0.2) is 68.8 Å². The molecule has 8 rings (SSSR count). The van der Waals surface area contributed by atoms with Crippen molar-refractivity contribution in [3.8, 4) is 0 Å². The fourth-order valence-corrected chi connectivity index (χ4v) is 7.07. The van der Waals surface area contributed by atoms with Crippen LogP contribution in [0.4, 0.5) is 16.2 Å². The van der Waals surface area contributed by atoms with Crippen molar-refractivity contribution < 1.29 is 33.4 Å². The highest BCUT2D eigenvalue weighted by Crippen LogP contribution is 2.66. The number of hydrogen-bond donors (Lipinski definition) is 5. The number of likely N-dealkylation sites (tertiary alicyclic amines) is 1. The number of nitrogens with zero attached hydrogens (tertiary/aromatic N) is 1. The van der Waals surface area contributed by atoms with Gasteiger partial charge in [0.25, 0.3) is 11.8 Å². The van der Waals surface area contributed by atoms with Crippen LogP contribution in [0.5, 0.6) is 0 Å². The Labute approximate surface area is 279 Å². The molecule has 3 aromatic heterocycles. The van der Waals surface area contributed by atoms with Gasteiger partial charge in [-0.25, -0.2) is 9.59 Å². The predicted molar refractivity (Wildman–Crippen MR) is 180 cm³/mol. The van der Waals surface area contributed by atoms with Gasteiger partial charge in [-0.3, -0.25) is 19.3 Å². The summed E-state index contributed by atoms with van der Waals surface area (Å²) in [6, 6.07) is 15.5. The number of fused-ring (bicyclic) bond motifs is 3. The Balaban J connectivity index is 0.975. The van der Waals surface area contributed by atoms with Crippen LogP contribution >= 0.6 is 0 Å². The summed E-state index contributed by atoms with van der Waals surface area (Å²) >= 11 is 0. The number of carbonyl (C=O) groups is 5. The Bertz CT molecular complexity index is 2320. The number of esters is 1. The van der Waals surface area contributed by atoms with Crippen molar-refractivity contribution in [3.63, 3.8) is 0 Å². The number of allylic oxidation sites excluding steroid dienone is 2. The maximum Gasteiger partial charge on any atom is 0.414 e. The molecule has 1 saturated heterocycles. The molecular formula is C36H32N6O7. The summed E-state index contributed by atoms with van der Waals surface area (Å²) in [4.78, 5) is 75.2. The highest BCUT2D eigenvalue weighted by atomic mass is 16.6. The number of hydrogen-bond acceptors (Lipinski definition) is 7. The second-order valence-corrected chi connectivity index (χ2v) is 13.7. The van der Waals surface area contributed by atoms with Gasteiger partial charge in [0.2, 0.25) is 5.78 Å². The normalized spacial score (nSPS) is 19.2. The molecule has 2 fully saturated rings. The molecule has 1 aliphatic heterocycles. The number of methoxy groups -OCH3 is 1. The van der Waals surface area contributed by atoms with Crippen LogP contribution in [0.15, 0.2) is 66.4 Å². The first-order valence-corrected chi connectivity index (χ1v) is 15.8. The van der Waals surface area contributed by atoms with Gasteiger partial charge < -0.3 is 35.1 Å². The minimum Gasteiger partial charge on any atom is -0.464 e. The molecule has 2 aliphatic carbocycles. The molecule has 248 valence electrons. The lowest BCUT2D eigenvalue weighted by atomic mass is 9.85. The molecule has 3 aliphatic rings. The van der Waals surface area contributed by atoms with Crippen LogP contribution in [0.25, 0.3) is 21.8 Å². The van der Waals surface area contributed by atoms with Crippen LogP contribution in [0.2, 0.25) is 0 Å². The Kier molecular flexibility index (Phi) is 6.45. The van der Waals surface area contributed by atoms with Crippen LogP contribution in [0, 0.1) is 5.92 Å². The molecule has 1 spiro atoms. The van der Waals surface area contributed by atoms with E-state index in [-0.39, 0.29) is 23.3 Å². The Morgan fingerprint density at radius 3 is 2.04 bits per heavy atom. The van der Waals surface area contributed by atoms with Gasteiger partial charge >= 0.3 is 12.1 Å². The summed E-state index contributed by atoms with van der Waals surface area (Å²) in [5.41, 5.74) is 3.89. The third kappa shape index (κ3) is 4.96. The molecule has 13 heteroatoms. The molecule has 49 heavy (non-hydrogen) atoms. The Hall–Kier alpha value is -6.11. The van der Waals surface area contributed by atoms with Crippen molar-refractivity contribution in [2.45, 2.75) is 38.2 Å². The van der Waals surface area contributed by atoms with Crippen LogP contribution in [0.1, 0.15) is 74.7 Å². The lowest BCUT2D eigenvalue weighted by Gasteiger charge is -2.30. The van der Waals surface area contributed by atoms with E-state index in [0.717, 1.165) is 22.9 Å². The van der Waals surface area contributed by atoms with Gasteiger partial charge in [-0.1, -0.05) is 0 Å². The Morgan fingerprint density at radius 2 is 1.43 bits per heavy atom. The third-order valence-corrected chi connectivity index (χ3v) is 9.33. The van der Waals surface area contributed by atoms with Gasteiger partial charge in [0.1, 0.15) is 22.7 Å². The highest BCUT2D eigenvalue weighted by Gasteiger charge is 2.68. The van der Waals surface area contributed by atoms with Gasteiger partial charge in [0, 0.05) is 56.9 Å². The summed E-state index contributed by atoms with van der Waals surface area (Å²) in [5, 5.41) is 7.20. The number of carbonyl (C=O) groups excluding carboxylic acids is 5. The largest absolute Gasteiger partial charge is 0.464 e. The van der Waals surface area contributed by atoms with E-state index in [9.17, 15) is 24.0 Å². The van der Waals surface area contributed by atoms with Gasteiger partial charge in [0.15, 0.2) is 0 Å². The van der Waals surface area contributed by atoms with E-state index in [1.165, 1.54) is 13.2 Å². The van der Waals surface area contributed by atoms with Gasteiger partial charge in [0.05, 0.1) is 12.8 Å². The minimum atomic E-state index is -0.670. The summed E-state index contributed by atoms with van der Waals surface area (Å²) in [6.07, 6.45) is 1.79. The van der Waals surface area contributed by atoms with Crippen molar-refractivity contribution in [1.82, 2.24) is 19.9 Å². The fraction of sp³-hybridized carbons (Fsp3) is 0.250. The topological polar surface area (TPSA) is 178 Å². The van der Waals surface area contributed by atoms with Gasteiger partial charge in [-0.2, -0.15) is 0 Å². The molecule has 5 N–H and O–H groups in total. The molecule has 3 amide bonds. The first-order chi connectivity index (χ1) is 23.3. The Morgan fingerprint density at radius 1 is 0.837 bits per heavy atom. The lowest BCUT2D eigenvalue weighted by molar-refractivity contribution is 0.0321. The second kappa shape index (κ2) is 10.4. The van der Waals surface area contributed by atoms with E-state index in [1.807, 2.05) is 0 Å². The SMILES string of the molecule is COC(=O)c1cc2cc(NC(=O)c3cc4cc(NC(=O)c5cc6c([nH]5)C(=O)C=C5N(C(=O)OC(C)(C)C)CC7CC567)ccc4[nH]3)ccc2[nH]1. The maximum atomic E-state index is 13.4. The zero-order chi connectivity index (χ0) is 34.4. The predicted octanol–water partition coefficient (Wildman–Crippen LogP) is 5.86. The number of ether oxygens (including phenoxy) is 2. The first-order valence-electron chi connectivity index (χ1n) is 15.8. The van der Waals surface area contributed by atoms with Crippen molar-refractivity contribution in [2.24, 2.45) is 5.92 Å². The van der Waals surface area contributed by atoms with Crippen molar-refractivity contribution in [2.75, 3.05) is 24.3 Å². The number of anilines is 2. The number of rotatable bonds is 5. The van der Waals surface area contributed by atoms with Crippen LogP contribution in [-0.2, 0) is 14.9 Å². The molecule has 4 heterocycles. The number of piperidine rings is 1. The summed E-state index contributed by atoms with van der Waals surface area (Å²) in [5.74, 6) is -1.43. The monoisotopic (exact) mass is 660 g/mol. The second-order valence-electron chi connectivity index (χ2n) is 13.7. The third-order valence-electron chi connectivity index (χ3n) is 9.33. The van der Waals surface area contributed by atoms with E-state index in [0.29, 0.717) is 51.6 Å². The molecular weight excluding hydrogens is 628 g/mol. The minimum absolute atomic E-state index is 0.142. The summed E-state index contributed by atoms with van der Waals surface area (Å²) < 4.78 is 10.4. The number of benzene rings is 2. The quantitative estimate of drug-likeness (QED) is 0.147. The molecule has 0 radical (unpaired) electrons. The van der Waals surface area contributed by atoms with Crippen LogP contribution in [0.3, 0.4) is 0 Å². The van der Waals surface area contributed by atoms with E-state index in [1.54, 1.807) is 80.3 Å². The number of nitrogens with one attached hydrogen (secondary N) is 5. The molecule has 5 aromatic rings. The number of amides is 3. The lowest BCUT2D eigenvalue weighted by Crippen LogP contribution is -2.37. The summed E-state index contributed by atoms with van der Waals surface area (Å²) in [6.45, 7) is 5.86. The van der Waals surface area contributed by atoms with E-state index < -0.39 is 29.0 Å². The highest BCUT2D eigenvalue weighted by molar-refractivity contribution is 6.11. The van der Waals surface area contributed by atoms with E-state index in [4.69, 9.17) is 9.47 Å². The average Bonchev–Trinajstić information content (AvgIpc) is 3.53. The molecule has 1 saturated carbocycles. The number of aromatic nitrogens is 3. The number of H-pyrrole nitrogens is 3. The van der Waals surface area contributed by atoms with Crippen molar-refractivity contribution >= 4 is 62.8 Å². The van der Waals surface area contributed by atoms with E-state index >= 15 is 0 Å². The fourth-order valence-electron chi connectivity index (χ4n) is 7.07. The first kappa shape index (κ1) is 30.2. The van der Waals surface area contributed by atoms with E-state index in [2.05, 4.69) is 25.6 Å². The molecule has 2 aromatic carbocycles.